The maximum Gasteiger partial charge on any atom is 0.330 e. The number of benzene rings is 1. The fourth-order valence-corrected chi connectivity index (χ4v) is 2.67. The lowest BCUT2D eigenvalue weighted by Gasteiger charge is -2.36. The average Bonchev–Trinajstić information content (AvgIpc) is 2.49. The van der Waals surface area contributed by atoms with Crippen molar-refractivity contribution in [2.45, 2.75) is 38.9 Å². The van der Waals surface area contributed by atoms with Gasteiger partial charge >= 0.3 is 5.97 Å². The molecule has 0 unspecified atom stereocenters. The van der Waals surface area contributed by atoms with Gasteiger partial charge in [-0.15, -0.1) is 0 Å². The molecule has 0 bridgehead atoms. The Morgan fingerprint density at radius 3 is 2.43 bits per heavy atom. The van der Waals surface area contributed by atoms with E-state index in [4.69, 9.17) is 9.16 Å². The van der Waals surface area contributed by atoms with Gasteiger partial charge < -0.3 is 13.9 Å². The molecule has 1 aromatic rings. The molecule has 0 atom stereocenters. The van der Waals surface area contributed by atoms with Gasteiger partial charge in [0.2, 0.25) is 0 Å². The quantitative estimate of drug-likeness (QED) is 0.323. The third-order valence-electron chi connectivity index (χ3n) is 4.13. The molecule has 0 N–H and O–H groups in total. The normalized spacial score (nSPS) is 12.4. The van der Waals surface area contributed by atoms with Crippen molar-refractivity contribution in [3.63, 3.8) is 0 Å². The fourth-order valence-electron chi connectivity index (χ4n) is 1.64. The summed E-state index contributed by atoms with van der Waals surface area (Å²) in [6.45, 7) is 12.1. The summed E-state index contributed by atoms with van der Waals surface area (Å²) in [6, 6.07) is 7.57. The largest absolute Gasteiger partial charge is 0.491 e. The van der Waals surface area contributed by atoms with Gasteiger partial charge in [0, 0.05) is 11.6 Å². The van der Waals surface area contributed by atoms with Crippen molar-refractivity contribution in [3.05, 3.63) is 35.9 Å². The van der Waals surface area contributed by atoms with Crippen LogP contribution in [-0.2, 0) is 14.0 Å². The third-order valence-corrected chi connectivity index (χ3v) is 8.67. The minimum atomic E-state index is -1.75. The number of hydrogen-bond acceptors (Lipinski definition) is 4. The standard InChI is InChI=1S/C18H28O4Si/c1-18(2,3)23(5,6)22-14-13-21-16-10-8-7-9-15(16)11-12-17(19)20-4/h7-12H,13-14H2,1-6H3. The van der Waals surface area contributed by atoms with Crippen LogP contribution in [0.5, 0.6) is 5.75 Å². The number of hydrogen-bond donors (Lipinski definition) is 0. The number of carbonyl (C=O) groups is 1. The van der Waals surface area contributed by atoms with Crippen LogP contribution >= 0.6 is 0 Å². The van der Waals surface area contributed by atoms with Crippen LogP contribution in [0.2, 0.25) is 18.1 Å². The second-order valence-corrected chi connectivity index (χ2v) is 11.7. The predicted molar refractivity (Wildman–Crippen MR) is 96.1 cm³/mol. The molecule has 128 valence electrons. The molecule has 0 aliphatic rings. The number of carbonyl (C=O) groups excluding carboxylic acids is 1. The highest BCUT2D eigenvalue weighted by molar-refractivity contribution is 6.74. The van der Waals surface area contributed by atoms with Gasteiger partial charge in [-0.1, -0.05) is 39.0 Å². The van der Waals surface area contributed by atoms with E-state index < -0.39 is 8.32 Å². The van der Waals surface area contributed by atoms with Gasteiger partial charge in [0.25, 0.3) is 0 Å². The number of para-hydroxylation sites is 1. The summed E-state index contributed by atoms with van der Waals surface area (Å²) in [5.41, 5.74) is 0.838. The Kier molecular flexibility index (Phi) is 7.03. The Labute approximate surface area is 140 Å². The maximum atomic E-state index is 11.2. The molecular formula is C18H28O4Si. The van der Waals surface area contributed by atoms with E-state index in [2.05, 4.69) is 38.6 Å². The van der Waals surface area contributed by atoms with Crippen molar-refractivity contribution in [2.24, 2.45) is 0 Å². The van der Waals surface area contributed by atoms with E-state index in [9.17, 15) is 4.79 Å². The van der Waals surface area contributed by atoms with E-state index in [-0.39, 0.29) is 11.0 Å². The van der Waals surface area contributed by atoms with E-state index in [0.717, 1.165) is 11.3 Å². The van der Waals surface area contributed by atoms with Crippen molar-refractivity contribution >= 4 is 20.4 Å². The van der Waals surface area contributed by atoms with Crippen LogP contribution < -0.4 is 4.74 Å². The first-order valence-electron chi connectivity index (χ1n) is 7.79. The van der Waals surface area contributed by atoms with Crippen molar-refractivity contribution in [1.29, 1.82) is 0 Å². The summed E-state index contributed by atoms with van der Waals surface area (Å²) in [4.78, 5) is 11.2. The van der Waals surface area contributed by atoms with Gasteiger partial charge in [0.05, 0.1) is 13.7 Å². The Morgan fingerprint density at radius 1 is 1.17 bits per heavy atom. The van der Waals surface area contributed by atoms with E-state index in [1.54, 1.807) is 6.08 Å². The van der Waals surface area contributed by atoms with Gasteiger partial charge in [0.15, 0.2) is 8.32 Å². The summed E-state index contributed by atoms with van der Waals surface area (Å²) < 4.78 is 16.5. The van der Waals surface area contributed by atoms with E-state index >= 15 is 0 Å². The smallest absolute Gasteiger partial charge is 0.330 e. The molecule has 23 heavy (non-hydrogen) atoms. The topological polar surface area (TPSA) is 44.8 Å². The zero-order valence-electron chi connectivity index (χ0n) is 15.0. The fraction of sp³-hybridized carbons (Fsp3) is 0.500. The van der Waals surface area contributed by atoms with Gasteiger partial charge in [0.1, 0.15) is 12.4 Å². The molecule has 0 fully saturated rings. The maximum absolute atomic E-state index is 11.2. The second-order valence-electron chi connectivity index (χ2n) is 6.85. The van der Waals surface area contributed by atoms with Gasteiger partial charge in [-0.25, -0.2) is 4.79 Å². The average molecular weight is 337 g/mol. The van der Waals surface area contributed by atoms with E-state index in [1.807, 2.05) is 24.3 Å². The highest BCUT2D eigenvalue weighted by Gasteiger charge is 2.36. The van der Waals surface area contributed by atoms with Crippen molar-refractivity contribution in [1.82, 2.24) is 0 Å². The summed E-state index contributed by atoms with van der Waals surface area (Å²) >= 11 is 0. The SMILES string of the molecule is COC(=O)C=Cc1ccccc1OCCO[Si](C)(C)C(C)(C)C. The van der Waals surface area contributed by atoms with Crippen LogP contribution in [0.4, 0.5) is 0 Å². The monoisotopic (exact) mass is 336 g/mol. The Balaban J connectivity index is 2.59. The molecule has 1 rings (SSSR count). The lowest BCUT2D eigenvalue weighted by molar-refractivity contribution is -0.134. The molecule has 1 aromatic carbocycles. The van der Waals surface area contributed by atoms with Crippen LogP contribution in [0.25, 0.3) is 6.08 Å². The number of methoxy groups -OCH3 is 1. The number of rotatable bonds is 7. The Hall–Kier alpha value is -1.59. The molecule has 0 radical (unpaired) electrons. The van der Waals surface area contributed by atoms with Gasteiger partial charge in [-0.3, -0.25) is 0 Å². The summed E-state index contributed by atoms with van der Waals surface area (Å²) in [7, 11) is -0.392. The van der Waals surface area contributed by atoms with Crippen LogP contribution in [0.3, 0.4) is 0 Å². The highest BCUT2D eigenvalue weighted by Crippen LogP contribution is 2.36. The molecule has 0 aliphatic heterocycles. The van der Waals surface area contributed by atoms with E-state index in [1.165, 1.54) is 13.2 Å². The molecule has 4 nitrogen and oxygen atoms in total. The highest BCUT2D eigenvalue weighted by atomic mass is 28.4. The molecule has 0 saturated carbocycles. The summed E-state index contributed by atoms with van der Waals surface area (Å²) in [5, 5.41) is 0.189. The van der Waals surface area contributed by atoms with Crippen LogP contribution in [0.1, 0.15) is 26.3 Å². The molecule has 0 aliphatic carbocycles. The molecule has 0 heterocycles. The van der Waals surface area contributed by atoms with Crippen molar-refractivity contribution < 1.29 is 18.7 Å². The van der Waals surface area contributed by atoms with Crippen molar-refractivity contribution in [2.75, 3.05) is 20.3 Å². The third kappa shape index (κ3) is 6.20. The number of esters is 1. The predicted octanol–water partition coefficient (Wildman–Crippen LogP) is 4.27. The zero-order chi connectivity index (χ0) is 17.5. The molecule has 0 saturated heterocycles. The van der Waals surface area contributed by atoms with E-state index in [0.29, 0.717) is 13.2 Å². The Morgan fingerprint density at radius 2 is 1.83 bits per heavy atom. The molecule has 0 aromatic heterocycles. The number of ether oxygens (including phenoxy) is 2. The van der Waals surface area contributed by atoms with Crippen LogP contribution in [0, 0.1) is 0 Å². The van der Waals surface area contributed by atoms with Gasteiger partial charge in [-0.05, 0) is 30.3 Å². The lowest BCUT2D eigenvalue weighted by Crippen LogP contribution is -2.41. The molecule has 5 heteroatoms. The minimum Gasteiger partial charge on any atom is -0.491 e. The summed E-state index contributed by atoms with van der Waals surface area (Å²) in [6.07, 6.45) is 3.07. The molecule has 0 spiro atoms. The second kappa shape index (κ2) is 8.31. The molecule has 0 amide bonds. The Bertz CT molecular complexity index is 544. The first kappa shape index (κ1) is 19.5. The first-order chi connectivity index (χ1) is 10.7. The first-order valence-corrected chi connectivity index (χ1v) is 10.7. The summed E-state index contributed by atoms with van der Waals surface area (Å²) in [5.74, 6) is 0.340. The molecular weight excluding hydrogens is 308 g/mol. The lowest BCUT2D eigenvalue weighted by atomic mass is 10.2. The minimum absolute atomic E-state index is 0.189. The van der Waals surface area contributed by atoms with Crippen LogP contribution in [-0.4, -0.2) is 34.6 Å². The van der Waals surface area contributed by atoms with Crippen LogP contribution in [0.15, 0.2) is 30.3 Å². The van der Waals surface area contributed by atoms with Crippen molar-refractivity contribution in [3.8, 4) is 5.75 Å². The zero-order valence-corrected chi connectivity index (χ0v) is 16.0. The van der Waals surface area contributed by atoms with Gasteiger partial charge in [-0.2, -0.15) is 0 Å².